The number of allylic oxidation sites excluding steroid dienone is 1. The number of carbonyl (C=O) groups excluding carboxylic acids is 3. The molecule has 1 rings (SSSR count). The van der Waals surface area contributed by atoms with Gasteiger partial charge in [0, 0.05) is 35.6 Å². The van der Waals surface area contributed by atoms with Crippen molar-refractivity contribution in [1.82, 2.24) is 4.90 Å². The van der Waals surface area contributed by atoms with Crippen molar-refractivity contribution in [2.75, 3.05) is 25.5 Å². The summed E-state index contributed by atoms with van der Waals surface area (Å²) in [4.78, 5) is 38.1. The molecule has 0 spiro atoms. The molecule has 10 nitrogen and oxygen atoms in total. The fourth-order valence-corrected chi connectivity index (χ4v) is 5.89. The lowest BCUT2D eigenvalue weighted by molar-refractivity contribution is -0.253. The molecule has 1 heterocycles. The highest BCUT2D eigenvalue weighted by Crippen LogP contribution is 2.36. The molecule has 0 aromatic rings. The van der Waals surface area contributed by atoms with Crippen molar-refractivity contribution in [3.63, 3.8) is 0 Å². The van der Waals surface area contributed by atoms with Crippen LogP contribution in [0.5, 0.6) is 0 Å². The average molecular weight is 552 g/mol. The lowest BCUT2D eigenvalue weighted by atomic mass is 10.0. The number of aliphatic hydroxyl groups excluding tert-OH is 3. The van der Waals surface area contributed by atoms with Crippen LogP contribution in [0.1, 0.15) is 66.2 Å². The smallest absolute Gasteiger partial charge is 0.326 e. The molecule has 0 saturated carbocycles. The van der Waals surface area contributed by atoms with Crippen molar-refractivity contribution >= 4 is 39.9 Å². The van der Waals surface area contributed by atoms with E-state index in [1.54, 1.807) is 17.7 Å². The molecule has 0 aromatic heterocycles. The van der Waals surface area contributed by atoms with E-state index in [-0.39, 0.29) is 32.1 Å². The summed E-state index contributed by atoms with van der Waals surface area (Å²) in [7, 11) is 3.13. The van der Waals surface area contributed by atoms with E-state index in [1.807, 2.05) is 6.92 Å². The third kappa shape index (κ3) is 12.8. The molecule has 0 bridgehead atoms. The Hall–Kier alpha value is -1.31. The molecule has 4 atom stereocenters. The number of esters is 2. The van der Waals surface area contributed by atoms with E-state index >= 15 is 0 Å². The number of hydrogen-bond donors (Lipinski definition) is 3. The molecule has 3 N–H and O–H groups in total. The van der Waals surface area contributed by atoms with Gasteiger partial charge in [-0.05, 0) is 25.7 Å². The van der Waals surface area contributed by atoms with Crippen LogP contribution >= 0.6 is 21.6 Å². The first kappa shape index (κ1) is 32.7. The van der Waals surface area contributed by atoms with Crippen molar-refractivity contribution in [2.24, 2.45) is 5.92 Å². The number of carbonyl (C=O) groups is 3. The van der Waals surface area contributed by atoms with Crippen molar-refractivity contribution in [1.29, 1.82) is 0 Å². The highest BCUT2D eigenvalue weighted by atomic mass is 33.1. The van der Waals surface area contributed by atoms with Crippen molar-refractivity contribution in [3.8, 4) is 0 Å². The molecule has 1 amide bonds. The minimum Gasteiger partial charge on any atom is -0.465 e. The molecule has 0 aromatic carbocycles. The first-order chi connectivity index (χ1) is 17.1. The fraction of sp³-hybridized carbons (Fsp3) is 0.792. The van der Waals surface area contributed by atoms with Crippen LogP contribution in [-0.2, 0) is 28.6 Å². The maximum absolute atomic E-state index is 12.4. The first-order valence-electron chi connectivity index (χ1n) is 12.3. The summed E-state index contributed by atoms with van der Waals surface area (Å²) < 4.78 is 15.6. The summed E-state index contributed by atoms with van der Waals surface area (Å²) in [6.07, 6.45) is -0.880. The normalized spacial score (nSPS) is 22.7. The second-order valence-electron chi connectivity index (χ2n) is 9.02. The molecule has 1 aliphatic heterocycles. The topological polar surface area (TPSA) is 143 Å². The van der Waals surface area contributed by atoms with Gasteiger partial charge in [0.25, 0.3) is 0 Å². The summed E-state index contributed by atoms with van der Waals surface area (Å²) in [5.41, 5.74) is 0.557. The zero-order valence-electron chi connectivity index (χ0n) is 21.6. The molecular weight excluding hydrogens is 510 g/mol. The summed E-state index contributed by atoms with van der Waals surface area (Å²) in [5.74, 6) is 0.485. The molecule has 36 heavy (non-hydrogen) atoms. The standard InChI is InChI=1S/C24H41NO9S2/c1-5-6-7-22(29)32-10-8-21(36-35-11-9-16(2)3)17(4)25(15-26)13-23(30)33-14-20-18(27)12-19(28)24(31)34-20/h15-16,18-20,24,27-28,31H,5-14H2,1-4H3/b21-17-. The number of unbranched alkanes of at least 4 members (excludes halogenated alkanes) is 1. The van der Waals surface area contributed by atoms with Gasteiger partial charge in [-0.25, -0.2) is 0 Å². The number of ether oxygens (including phenoxy) is 3. The van der Waals surface area contributed by atoms with Gasteiger partial charge in [-0.1, -0.05) is 48.8 Å². The number of nitrogens with zero attached hydrogens (tertiary/aromatic N) is 1. The molecule has 1 aliphatic rings. The second-order valence-corrected chi connectivity index (χ2v) is 11.5. The maximum atomic E-state index is 12.4. The highest BCUT2D eigenvalue weighted by molar-refractivity contribution is 8.78. The number of hydrogen-bond acceptors (Lipinski definition) is 11. The van der Waals surface area contributed by atoms with Crippen LogP contribution in [0.4, 0.5) is 0 Å². The van der Waals surface area contributed by atoms with Crippen LogP contribution in [0.3, 0.4) is 0 Å². The number of rotatable bonds is 17. The van der Waals surface area contributed by atoms with Gasteiger partial charge < -0.3 is 34.4 Å². The van der Waals surface area contributed by atoms with E-state index in [9.17, 15) is 29.7 Å². The Labute approximate surface area is 221 Å². The van der Waals surface area contributed by atoms with Gasteiger partial charge in [-0.2, -0.15) is 0 Å². The minimum atomic E-state index is -1.47. The Morgan fingerprint density at radius 3 is 2.50 bits per heavy atom. The monoisotopic (exact) mass is 551 g/mol. The molecule has 12 heteroatoms. The Bertz CT molecular complexity index is 720. The van der Waals surface area contributed by atoms with E-state index in [1.165, 1.54) is 15.7 Å². The molecule has 208 valence electrons. The molecule has 1 fully saturated rings. The Morgan fingerprint density at radius 2 is 1.86 bits per heavy atom. The summed E-state index contributed by atoms with van der Waals surface area (Å²) in [6, 6.07) is 0. The molecule has 0 radical (unpaired) electrons. The third-order valence-electron chi connectivity index (χ3n) is 5.49. The van der Waals surface area contributed by atoms with E-state index in [2.05, 4.69) is 13.8 Å². The second kappa shape index (κ2) is 18.0. The van der Waals surface area contributed by atoms with Gasteiger partial charge in [0.1, 0.15) is 25.4 Å². The lowest BCUT2D eigenvalue weighted by Crippen LogP contribution is -2.49. The molecule has 1 saturated heterocycles. The predicted molar refractivity (Wildman–Crippen MR) is 139 cm³/mol. The average Bonchev–Trinajstić information content (AvgIpc) is 2.83. The van der Waals surface area contributed by atoms with E-state index < -0.39 is 30.6 Å². The Morgan fingerprint density at radius 1 is 1.14 bits per heavy atom. The van der Waals surface area contributed by atoms with Crippen LogP contribution in [0, 0.1) is 5.92 Å². The Balaban J connectivity index is 2.74. The van der Waals surface area contributed by atoms with Crippen LogP contribution in [0.2, 0.25) is 0 Å². The molecule has 0 aliphatic carbocycles. The summed E-state index contributed by atoms with van der Waals surface area (Å²) in [6.45, 7) is 7.48. The van der Waals surface area contributed by atoms with Crippen molar-refractivity contribution in [3.05, 3.63) is 10.6 Å². The lowest BCUT2D eigenvalue weighted by Gasteiger charge is -2.34. The van der Waals surface area contributed by atoms with E-state index in [0.717, 1.165) is 29.9 Å². The summed E-state index contributed by atoms with van der Waals surface area (Å²) in [5, 5.41) is 29.1. The van der Waals surface area contributed by atoms with Crippen LogP contribution in [0.25, 0.3) is 0 Å². The predicted octanol–water partition coefficient (Wildman–Crippen LogP) is 2.60. The zero-order valence-corrected chi connectivity index (χ0v) is 23.2. The Kier molecular flexibility index (Phi) is 16.4. The van der Waals surface area contributed by atoms with Gasteiger partial charge in [0.05, 0.1) is 12.7 Å². The number of amides is 1. The third-order valence-corrected chi connectivity index (χ3v) is 8.17. The maximum Gasteiger partial charge on any atom is 0.326 e. The minimum absolute atomic E-state index is 0.107. The molecule has 4 unspecified atom stereocenters. The zero-order chi connectivity index (χ0) is 27.1. The SMILES string of the molecule is CCCCC(=O)OCC/C(SSCCC(C)C)=C(\C)N(C=O)CC(=O)OCC1OC(O)C(O)CC1O. The summed E-state index contributed by atoms with van der Waals surface area (Å²) >= 11 is 0. The van der Waals surface area contributed by atoms with Crippen LogP contribution < -0.4 is 0 Å². The van der Waals surface area contributed by atoms with Crippen LogP contribution in [-0.4, -0.2) is 88.7 Å². The van der Waals surface area contributed by atoms with Crippen molar-refractivity contribution in [2.45, 2.75) is 90.8 Å². The van der Waals surface area contributed by atoms with Gasteiger partial charge in [0.15, 0.2) is 6.29 Å². The van der Waals surface area contributed by atoms with Crippen LogP contribution in [0.15, 0.2) is 10.6 Å². The highest BCUT2D eigenvalue weighted by Gasteiger charge is 2.36. The van der Waals surface area contributed by atoms with Crippen molar-refractivity contribution < 1.29 is 43.9 Å². The van der Waals surface area contributed by atoms with E-state index in [0.29, 0.717) is 30.9 Å². The van der Waals surface area contributed by atoms with Gasteiger partial charge in [-0.3, -0.25) is 14.4 Å². The van der Waals surface area contributed by atoms with Gasteiger partial charge in [-0.15, -0.1) is 0 Å². The van der Waals surface area contributed by atoms with Gasteiger partial charge >= 0.3 is 11.9 Å². The van der Waals surface area contributed by atoms with E-state index in [4.69, 9.17) is 14.2 Å². The van der Waals surface area contributed by atoms with Gasteiger partial charge in [0.2, 0.25) is 6.41 Å². The quantitative estimate of drug-likeness (QED) is 0.106. The largest absolute Gasteiger partial charge is 0.465 e. The number of aliphatic hydroxyl groups is 3. The molecular formula is C24H41NO9S2. The fourth-order valence-electron chi connectivity index (χ4n) is 3.11. The first-order valence-corrected chi connectivity index (χ1v) is 14.6.